The molecule has 19 heavy (non-hydrogen) atoms. The SMILES string of the molecule is CCCNCc1ccn(-c2cc(F)c(F)cc2F)n1. The first-order valence-electron chi connectivity index (χ1n) is 6.02. The van der Waals surface area contributed by atoms with Crippen molar-refractivity contribution in [1.82, 2.24) is 15.1 Å². The second-order valence-electron chi connectivity index (χ2n) is 4.15. The van der Waals surface area contributed by atoms with Crippen LogP contribution in [-0.4, -0.2) is 16.3 Å². The number of halogens is 3. The minimum Gasteiger partial charge on any atom is -0.311 e. The molecule has 0 spiro atoms. The molecule has 6 heteroatoms. The third kappa shape index (κ3) is 3.14. The Morgan fingerprint density at radius 1 is 1.16 bits per heavy atom. The summed E-state index contributed by atoms with van der Waals surface area (Å²) in [5.74, 6) is -3.16. The van der Waals surface area contributed by atoms with Gasteiger partial charge in [-0.2, -0.15) is 5.10 Å². The molecule has 2 rings (SSSR count). The number of nitrogens with zero attached hydrogens (tertiary/aromatic N) is 2. The van der Waals surface area contributed by atoms with E-state index in [1.54, 1.807) is 6.07 Å². The molecule has 0 aliphatic carbocycles. The zero-order chi connectivity index (χ0) is 13.8. The van der Waals surface area contributed by atoms with Gasteiger partial charge in [-0.05, 0) is 19.0 Å². The van der Waals surface area contributed by atoms with Crippen molar-refractivity contribution < 1.29 is 13.2 Å². The normalized spacial score (nSPS) is 10.9. The zero-order valence-corrected chi connectivity index (χ0v) is 10.5. The topological polar surface area (TPSA) is 29.9 Å². The number of rotatable bonds is 5. The average molecular weight is 269 g/mol. The van der Waals surface area contributed by atoms with Crippen LogP contribution in [0.4, 0.5) is 13.2 Å². The maximum absolute atomic E-state index is 13.5. The molecule has 2 aromatic rings. The van der Waals surface area contributed by atoms with Crippen molar-refractivity contribution in [2.45, 2.75) is 19.9 Å². The van der Waals surface area contributed by atoms with Crippen molar-refractivity contribution in [3.05, 3.63) is 47.5 Å². The van der Waals surface area contributed by atoms with Gasteiger partial charge >= 0.3 is 0 Å². The van der Waals surface area contributed by atoms with Gasteiger partial charge in [0, 0.05) is 24.9 Å². The number of hydrogen-bond donors (Lipinski definition) is 1. The molecule has 0 aliphatic rings. The summed E-state index contributed by atoms with van der Waals surface area (Å²) in [4.78, 5) is 0. The van der Waals surface area contributed by atoms with Crippen LogP contribution in [0.15, 0.2) is 24.4 Å². The van der Waals surface area contributed by atoms with E-state index in [1.807, 2.05) is 6.92 Å². The molecule has 0 amide bonds. The van der Waals surface area contributed by atoms with Gasteiger partial charge in [0.25, 0.3) is 0 Å². The predicted octanol–water partition coefficient (Wildman–Crippen LogP) is 2.79. The molecular formula is C13H14F3N3. The lowest BCUT2D eigenvalue weighted by Gasteiger charge is -2.04. The molecule has 102 valence electrons. The van der Waals surface area contributed by atoms with E-state index in [2.05, 4.69) is 10.4 Å². The summed E-state index contributed by atoms with van der Waals surface area (Å²) in [6.07, 6.45) is 2.51. The minimum absolute atomic E-state index is 0.111. The molecule has 1 heterocycles. The lowest BCUT2D eigenvalue weighted by molar-refractivity contribution is 0.491. The van der Waals surface area contributed by atoms with Gasteiger partial charge in [0.15, 0.2) is 17.5 Å². The molecule has 1 N–H and O–H groups in total. The Balaban J connectivity index is 2.20. The van der Waals surface area contributed by atoms with E-state index >= 15 is 0 Å². The van der Waals surface area contributed by atoms with Gasteiger partial charge in [-0.15, -0.1) is 0 Å². The fraction of sp³-hybridized carbons (Fsp3) is 0.308. The Labute approximate surface area is 109 Å². The molecule has 0 atom stereocenters. The number of nitrogens with one attached hydrogen (secondary N) is 1. The molecule has 0 bridgehead atoms. The monoisotopic (exact) mass is 269 g/mol. The standard InChI is InChI=1S/C13H14F3N3/c1-2-4-17-8-9-3-5-19(18-9)13-7-11(15)10(14)6-12(13)16/h3,5-7,17H,2,4,8H2,1H3. The van der Waals surface area contributed by atoms with E-state index < -0.39 is 17.5 Å². The van der Waals surface area contributed by atoms with E-state index in [1.165, 1.54) is 10.9 Å². The van der Waals surface area contributed by atoms with Crippen molar-refractivity contribution in [3.63, 3.8) is 0 Å². The van der Waals surface area contributed by atoms with Gasteiger partial charge in [0.2, 0.25) is 0 Å². The lowest BCUT2D eigenvalue weighted by atomic mass is 10.3. The zero-order valence-electron chi connectivity index (χ0n) is 10.5. The van der Waals surface area contributed by atoms with Crippen molar-refractivity contribution in [2.75, 3.05) is 6.54 Å². The van der Waals surface area contributed by atoms with Gasteiger partial charge in [0.1, 0.15) is 5.69 Å². The quantitative estimate of drug-likeness (QED) is 0.668. The summed E-state index contributed by atoms with van der Waals surface area (Å²) in [5.41, 5.74) is 0.596. The predicted molar refractivity (Wildman–Crippen MR) is 65.4 cm³/mol. The molecule has 0 saturated heterocycles. The molecular weight excluding hydrogens is 255 g/mol. The van der Waals surface area contributed by atoms with Gasteiger partial charge in [-0.3, -0.25) is 0 Å². The van der Waals surface area contributed by atoms with Crippen molar-refractivity contribution in [3.8, 4) is 5.69 Å². The van der Waals surface area contributed by atoms with Gasteiger partial charge < -0.3 is 5.32 Å². The van der Waals surface area contributed by atoms with Crippen LogP contribution in [0.25, 0.3) is 5.69 Å². The van der Waals surface area contributed by atoms with E-state index in [0.29, 0.717) is 18.3 Å². The summed E-state index contributed by atoms with van der Waals surface area (Å²) in [7, 11) is 0. The van der Waals surface area contributed by atoms with Crippen LogP contribution in [-0.2, 0) is 6.54 Å². The highest BCUT2D eigenvalue weighted by Crippen LogP contribution is 2.17. The second kappa shape index (κ2) is 5.88. The number of benzene rings is 1. The summed E-state index contributed by atoms with van der Waals surface area (Å²) in [5, 5.41) is 7.26. The van der Waals surface area contributed by atoms with Crippen LogP contribution in [0.1, 0.15) is 19.0 Å². The maximum atomic E-state index is 13.5. The van der Waals surface area contributed by atoms with Crippen LogP contribution >= 0.6 is 0 Å². The van der Waals surface area contributed by atoms with E-state index in [9.17, 15) is 13.2 Å². The lowest BCUT2D eigenvalue weighted by Crippen LogP contribution is -2.14. The smallest absolute Gasteiger partial charge is 0.161 e. The highest BCUT2D eigenvalue weighted by atomic mass is 19.2. The van der Waals surface area contributed by atoms with Crippen LogP contribution in [0.2, 0.25) is 0 Å². The largest absolute Gasteiger partial charge is 0.311 e. The van der Waals surface area contributed by atoms with E-state index in [-0.39, 0.29) is 5.69 Å². The molecule has 1 aromatic carbocycles. The summed E-state index contributed by atoms with van der Waals surface area (Å²) < 4.78 is 40.7. The molecule has 0 saturated carbocycles. The molecule has 0 unspecified atom stereocenters. The highest BCUT2D eigenvalue weighted by molar-refractivity contribution is 5.34. The number of aromatic nitrogens is 2. The molecule has 0 radical (unpaired) electrons. The Kier molecular flexibility index (Phi) is 4.21. The third-order valence-electron chi connectivity index (χ3n) is 2.61. The van der Waals surface area contributed by atoms with Gasteiger partial charge in [-0.1, -0.05) is 6.92 Å². The second-order valence-corrected chi connectivity index (χ2v) is 4.15. The highest BCUT2D eigenvalue weighted by Gasteiger charge is 2.12. The van der Waals surface area contributed by atoms with Gasteiger partial charge in [0.05, 0.1) is 5.69 Å². The van der Waals surface area contributed by atoms with Crippen LogP contribution < -0.4 is 5.32 Å². The first-order chi connectivity index (χ1) is 9.11. The molecule has 0 fully saturated rings. The summed E-state index contributed by atoms with van der Waals surface area (Å²) in [6, 6.07) is 3.01. The van der Waals surface area contributed by atoms with Crippen LogP contribution in [0.3, 0.4) is 0 Å². The number of hydrogen-bond acceptors (Lipinski definition) is 2. The molecule has 0 aliphatic heterocycles. The Morgan fingerprint density at radius 2 is 1.89 bits per heavy atom. The Hall–Kier alpha value is -1.82. The minimum atomic E-state index is -1.21. The van der Waals surface area contributed by atoms with Crippen LogP contribution in [0.5, 0.6) is 0 Å². The average Bonchev–Trinajstić information content (AvgIpc) is 2.83. The third-order valence-corrected chi connectivity index (χ3v) is 2.61. The Bertz CT molecular complexity index is 566. The van der Waals surface area contributed by atoms with Crippen molar-refractivity contribution in [2.24, 2.45) is 0 Å². The fourth-order valence-corrected chi connectivity index (χ4v) is 1.67. The van der Waals surface area contributed by atoms with E-state index in [0.717, 1.165) is 19.0 Å². The van der Waals surface area contributed by atoms with Crippen LogP contribution in [0, 0.1) is 17.5 Å². The van der Waals surface area contributed by atoms with Gasteiger partial charge in [-0.25, -0.2) is 17.9 Å². The maximum Gasteiger partial charge on any atom is 0.161 e. The summed E-state index contributed by atoms with van der Waals surface area (Å²) in [6.45, 7) is 3.45. The first kappa shape index (κ1) is 13.6. The fourth-order valence-electron chi connectivity index (χ4n) is 1.67. The first-order valence-corrected chi connectivity index (χ1v) is 6.02. The van der Waals surface area contributed by atoms with E-state index in [4.69, 9.17) is 0 Å². The van der Waals surface area contributed by atoms with Crippen molar-refractivity contribution >= 4 is 0 Å². The Morgan fingerprint density at radius 3 is 2.63 bits per heavy atom. The van der Waals surface area contributed by atoms with Crippen molar-refractivity contribution in [1.29, 1.82) is 0 Å². The summed E-state index contributed by atoms with van der Waals surface area (Å²) >= 11 is 0. The molecule has 1 aromatic heterocycles. The molecule has 3 nitrogen and oxygen atoms in total.